The quantitative estimate of drug-likeness (QED) is 0.112. The van der Waals surface area contributed by atoms with Crippen molar-refractivity contribution >= 4 is 16.9 Å². The number of carbonyl (C=O) groups is 1. The molecule has 262 valence electrons. The molecule has 2 aliphatic rings. The summed E-state index contributed by atoms with van der Waals surface area (Å²) in [5.41, 5.74) is -1.21. The molecule has 0 aliphatic carbocycles. The molecule has 0 saturated carbocycles. The second-order valence-corrected chi connectivity index (χ2v) is 11.1. The number of fused-ring (bicyclic) bond motifs is 1. The molecule has 3 heterocycles. The van der Waals surface area contributed by atoms with Crippen molar-refractivity contribution in [1.82, 2.24) is 0 Å². The zero-order valence-electron chi connectivity index (χ0n) is 25.3. The van der Waals surface area contributed by atoms with E-state index in [1.54, 1.807) is 0 Å². The molecule has 2 aliphatic heterocycles. The molecule has 10 atom stereocenters. The van der Waals surface area contributed by atoms with Gasteiger partial charge in [0.25, 0.3) is 0 Å². The van der Waals surface area contributed by atoms with Crippen LogP contribution in [0.2, 0.25) is 0 Å². The van der Waals surface area contributed by atoms with E-state index in [1.165, 1.54) is 25.3 Å². The predicted molar refractivity (Wildman–Crippen MR) is 156 cm³/mol. The number of ether oxygens (including phenoxy) is 6. The number of benzene rings is 2. The lowest BCUT2D eigenvalue weighted by molar-refractivity contribution is -0.324. The zero-order chi connectivity index (χ0) is 35.0. The monoisotopic (exact) mass is 682 g/mol. The Morgan fingerprint density at radius 1 is 0.854 bits per heavy atom. The van der Waals surface area contributed by atoms with E-state index in [9.17, 15) is 55.5 Å². The Kier molecular flexibility index (Phi) is 10.3. The lowest BCUT2D eigenvalue weighted by atomic mass is 9.98. The predicted octanol–water partition coefficient (Wildman–Crippen LogP) is -1.84. The first kappa shape index (κ1) is 35.1. The summed E-state index contributed by atoms with van der Waals surface area (Å²) in [7, 11) is 1.27. The van der Waals surface area contributed by atoms with Crippen LogP contribution >= 0.6 is 0 Å². The summed E-state index contributed by atoms with van der Waals surface area (Å²) >= 11 is 0. The van der Waals surface area contributed by atoms with Crippen molar-refractivity contribution < 1.29 is 83.6 Å². The fraction of sp³-hybridized carbons (Fsp3) is 0.467. The Balaban J connectivity index is 1.48. The van der Waals surface area contributed by atoms with Gasteiger partial charge < -0.3 is 78.8 Å². The van der Waals surface area contributed by atoms with Crippen LogP contribution in [0, 0.1) is 0 Å². The maximum Gasteiger partial charge on any atom is 0.303 e. The van der Waals surface area contributed by atoms with Gasteiger partial charge in [-0.3, -0.25) is 9.59 Å². The van der Waals surface area contributed by atoms with Gasteiger partial charge in [0.1, 0.15) is 65.2 Å². The molecule has 0 radical (unpaired) electrons. The summed E-state index contributed by atoms with van der Waals surface area (Å²) in [6.07, 6.45) is -17.3. The van der Waals surface area contributed by atoms with Gasteiger partial charge in [-0.05, 0) is 18.2 Å². The molecular weight excluding hydrogens is 648 g/mol. The van der Waals surface area contributed by atoms with Gasteiger partial charge in [0.2, 0.25) is 17.5 Å². The lowest BCUT2D eigenvalue weighted by Crippen LogP contribution is -2.62. The van der Waals surface area contributed by atoms with Crippen LogP contribution in [-0.4, -0.2) is 134 Å². The van der Waals surface area contributed by atoms with Gasteiger partial charge in [0.05, 0.1) is 20.3 Å². The molecule has 2 fully saturated rings. The number of carbonyl (C=O) groups excluding carboxylic acids is 1. The van der Waals surface area contributed by atoms with E-state index in [0.29, 0.717) is 0 Å². The highest BCUT2D eigenvalue weighted by atomic mass is 16.7. The van der Waals surface area contributed by atoms with Crippen LogP contribution in [0.1, 0.15) is 6.92 Å². The molecule has 0 amide bonds. The first-order valence-electron chi connectivity index (χ1n) is 14.4. The largest absolute Gasteiger partial charge is 0.508 e. The molecule has 9 N–H and O–H groups in total. The Bertz CT molecular complexity index is 1690. The van der Waals surface area contributed by atoms with Crippen LogP contribution in [-0.2, 0) is 23.7 Å². The molecule has 0 unspecified atom stereocenters. The van der Waals surface area contributed by atoms with Crippen LogP contribution in [0.15, 0.2) is 39.5 Å². The van der Waals surface area contributed by atoms with Gasteiger partial charge in [0, 0.05) is 24.6 Å². The standard InChI is InChI=1S/C30H34O18/c1-10(32)44-28-24(40)20(36)17(8-31)46-30(28)43-9-18-21(37)23(39)25(41)29(47-18)48-27-22(38)19-14(35)6-12(33)7-16(19)45-26(27)11-3-4-13(34)15(5-11)42-2/h3-7,17-18,20-21,23-25,28-31,33-37,39-41H,8-9H2,1-2H3/t17-,18-,20-,21-,23+,24+,25-,28-,29+,30-/m1/s1. The van der Waals surface area contributed by atoms with Crippen molar-refractivity contribution in [1.29, 1.82) is 0 Å². The normalized spacial score (nSPS) is 30.6. The minimum atomic E-state index is -2.00. The molecular formula is C30H34O18. The van der Waals surface area contributed by atoms with Crippen LogP contribution in [0.3, 0.4) is 0 Å². The molecule has 18 nitrogen and oxygen atoms in total. The number of aromatic hydroxyl groups is 3. The van der Waals surface area contributed by atoms with Crippen molar-refractivity contribution in [3.8, 4) is 40.1 Å². The van der Waals surface area contributed by atoms with Crippen LogP contribution < -0.4 is 14.9 Å². The van der Waals surface area contributed by atoms with E-state index < -0.39 is 109 Å². The van der Waals surface area contributed by atoms with Crippen molar-refractivity contribution in [3.63, 3.8) is 0 Å². The van der Waals surface area contributed by atoms with Gasteiger partial charge in [-0.15, -0.1) is 0 Å². The Hall–Kier alpha value is -4.24. The molecule has 5 rings (SSSR count). The number of rotatable bonds is 9. The van der Waals surface area contributed by atoms with Gasteiger partial charge in [-0.2, -0.15) is 0 Å². The van der Waals surface area contributed by atoms with E-state index >= 15 is 0 Å². The average Bonchev–Trinajstić information content (AvgIpc) is 3.04. The lowest BCUT2D eigenvalue weighted by Gasteiger charge is -2.43. The number of phenols is 3. The van der Waals surface area contributed by atoms with E-state index in [4.69, 9.17) is 32.8 Å². The minimum absolute atomic E-state index is 0.0391. The van der Waals surface area contributed by atoms with Gasteiger partial charge >= 0.3 is 5.97 Å². The molecule has 3 aromatic rings. The minimum Gasteiger partial charge on any atom is -0.508 e. The number of esters is 1. The summed E-state index contributed by atoms with van der Waals surface area (Å²) in [6.45, 7) is -0.425. The maximum absolute atomic E-state index is 13.8. The summed E-state index contributed by atoms with van der Waals surface area (Å²) in [5.74, 6) is -3.32. The molecule has 0 spiro atoms. The average molecular weight is 683 g/mol. The van der Waals surface area contributed by atoms with Crippen LogP contribution in [0.25, 0.3) is 22.3 Å². The number of hydrogen-bond acceptors (Lipinski definition) is 18. The van der Waals surface area contributed by atoms with Crippen molar-refractivity contribution in [2.75, 3.05) is 20.3 Å². The van der Waals surface area contributed by atoms with Crippen molar-refractivity contribution in [2.24, 2.45) is 0 Å². The number of aliphatic hydroxyl groups is 6. The third-order valence-electron chi connectivity index (χ3n) is 7.81. The Labute approximate surface area is 270 Å². The van der Waals surface area contributed by atoms with Gasteiger partial charge in [-0.25, -0.2) is 0 Å². The Morgan fingerprint density at radius 3 is 2.21 bits per heavy atom. The third kappa shape index (κ3) is 6.70. The number of methoxy groups -OCH3 is 1. The van der Waals surface area contributed by atoms with Crippen molar-refractivity contribution in [3.05, 3.63) is 40.6 Å². The second kappa shape index (κ2) is 14.1. The highest BCUT2D eigenvalue weighted by Crippen LogP contribution is 2.40. The first-order chi connectivity index (χ1) is 22.7. The number of phenolic OH excluding ortho intramolecular Hbond substituents is 3. The summed E-state index contributed by atoms with van der Waals surface area (Å²) < 4.78 is 38.5. The zero-order valence-corrected chi connectivity index (χ0v) is 25.3. The van der Waals surface area contributed by atoms with Crippen molar-refractivity contribution in [2.45, 2.75) is 68.3 Å². The molecule has 1 aromatic heterocycles. The summed E-state index contributed by atoms with van der Waals surface area (Å²) in [6, 6.07) is 5.74. The van der Waals surface area contributed by atoms with E-state index in [2.05, 4.69) is 0 Å². The van der Waals surface area contributed by atoms with Crippen LogP contribution in [0.4, 0.5) is 0 Å². The number of hydrogen-bond donors (Lipinski definition) is 9. The maximum atomic E-state index is 13.8. The molecule has 2 saturated heterocycles. The van der Waals surface area contributed by atoms with Gasteiger partial charge in [0.15, 0.2) is 29.7 Å². The van der Waals surface area contributed by atoms with E-state index in [-0.39, 0.29) is 28.4 Å². The highest BCUT2D eigenvalue weighted by Gasteiger charge is 2.49. The van der Waals surface area contributed by atoms with E-state index in [1.807, 2.05) is 0 Å². The highest BCUT2D eigenvalue weighted by molar-refractivity contribution is 5.88. The molecule has 0 bridgehead atoms. The molecule has 48 heavy (non-hydrogen) atoms. The Morgan fingerprint density at radius 2 is 1.54 bits per heavy atom. The topological polar surface area (TPSA) is 285 Å². The van der Waals surface area contributed by atoms with Gasteiger partial charge in [-0.1, -0.05) is 0 Å². The van der Waals surface area contributed by atoms with Crippen LogP contribution in [0.5, 0.6) is 28.7 Å². The summed E-state index contributed by atoms with van der Waals surface area (Å²) in [5, 5.41) is 92.5. The SMILES string of the molecule is COc1cc(-c2oc3cc(O)cc(O)c3c(=O)c2O[C@@H]2O[C@H](CO[C@@H]3O[C@H](CO)[C@@H](O)[C@H](O)[C@H]3OC(C)=O)[C@@H](O)[C@H](O)[C@H]2O)ccc1O. The third-order valence-corrected chi connectivity index (χ3v) is 7.81. The van der Waals surface area contributed by atoms with E-state index in [0.717, 1.165) is 19.1 Å². The number of aliphatic hydroxyl groups excluding tert-OH is 6. The molecule has 2 aromatic carbocycles. The first-order valence-corrected chi connectivity index (χ1v) is 14.4. The fourth-order valence-electron chi connectivity index (χ4n) is 5.35. The fourth-order valence-corrected chi connectivity index (χ4v) is 5.35. The molecule has 18 heteroatoms. The smallest absolute Gasteiger partial charge is 0.303 e. The summed E-state index contributed by atoms with van der Waals surface area (Å²) in [4.78, 5) is 25.4. The second-order valence-electron chi connectivity index (χ2n) is 11.1.